The molecular formula is C72H126NO8+. The fraction of sp³-hybridized carbons (Fsp3) is 0.736. The third-order valence-electron chi connectivity index (χ3n) is 14.3. The van der Waals surface area contributed by atoms with Crippen molar-refractivity contribution in [2.24, 2.45) is 0 Å². The van der Waals surface area contributed by atoms with Crippen LogP contribution < -0.4 is 0 Å². The number of carbonyl (C=O) groups excluding carboxylic acids is 2. The third kappa shape index (κ3) is 63.6. The molecule has 0 radical (unpaired) electrons. The summed E-state index contributed by atoms with van der Waals surface area (Å²) in [6.07, 6.45) is 82.7. The van der Waals surface area contributed by atoms with Gasteiger partial charge in [-0.15, -0.1) is 0 Å². The number of likely N-dealkylation sites (N-methyl/N-ethyl adjacent to an activating group) is 1. The molecule has 0 bridgehead atoms. The molecule has 0 heterocycles. The molecule has 9 heteroatoms. The molecule has 0 saturated carbocycles. The Morgan fingerprint density at radius 2 is 0.667 bits per heavy atom. The summed E-state index contributed by atoms with van der Waals surface area (Å²) in [5, 5.41) is 9.71. The Hall–Kier alpha value is -3.79. The highest BCUT2D eigenvalue weighted by Gasteiger charge is 2.25. The van der Waals surface area contributed by atoms with Gasteiger partial charge in [0.05, 0.1) is 34.4 Å². The Labute approximate surface area is 499 Å². The summed E-state index contributed by atoms with van der Waals surface area (Å²) < 4.78 is 22.8. The maximum absolute atomic E-state index is 12.9. The second-order valence-corrected chi connectivity index (χ2v) is 23.4. The number of rotatable bonds is 61. The van der Waals surface area contributed by atoms with E-state index in [0.29, 0.717) is 23.9 Å². The number of quaternary nitrogens is 1. The van der Waals surface area contributed by atoms with Crippen molar-refractivity contribution in [2.45, 2.75) is 296 Å². The minimum Gasteiger partial charge on any atom is -0.477 e. The fourth-order valence-electron chi connectivity index (χ4n) is 9.29. The number of unbranched alkanes of at least 4 members (excludes halogenated alkanes) is 30. The van der Waals surface area contributed by atoms with E-state index in [-0.39, 0.29) is 38.6 Å². The molecule has 0 fully saturated rings. The molecule has 0 amide bonds. The van der Waals surface area contributed by atoms with Gasteiger partial charge in [0, 0.05) is 12.8 Å². The summed E-state index contributed by atoms with van der Waals surface area (Å²) in [7, 11) is 5.96. The molecule has 0 aliphatic heterocycles. The van der Waals surface area contributed by atoms with Crippen LogP contribution in [-0.4, -0.2) is 87.4 Å². The van der Waals surface area contributed by atoms with Gasteiger partial charge in [-0.2, -0.15) is 0 Å². The number of allylic oxidation sites excluding steroid dienone is 16. The van der Waals surface area contributed by atoms with Crippen molar-refractivity contribution in [1.29, 1.82) is 0 Å². The monoisotopic (exact) mass is 1130 g/mol. The fourth-order valence-corrected chi connectivity index (χ4v) is 9.29. The predicted molar refractivity (Wildman–Crippen MR) is 345 cm³/mol. The van der Waals surface area contributed by atoms with Crippen LogP contribution in [0, 0.1) is 0 Å². The number of hydrogen-bond donors (Lipinski definition) is 1. The van der Waals surface area contributed by atoms with E-state index in [0.717, 1.165) is 77.0 Å². The smallest absolute Gasteiger partial charge is 0.361 e. The number of hydrogen-bond acceptors (Lipinski definition) is 7. The van der Waals surface area contributed by atoms with E-state index in [1.165, 1.54) is 167 Å². The SMILES string of the molecule is CC/C=C\C/C=C\C/C=C\C/C=C\CCCCCCCCCCCCCCCCCCCCCCCCCCCCCCC(=O)OC(COC(=O)CCCC/C=C\C/C=C\C/C=C\C/C=C\CC)COC(OCC[N+](C)(C)C)C(=O)O. The van der Waals surface area contributed by atoms with Gasteiger partial charge in [0.25, 0.3) is 6.29 Å². The predicted octanol–water partition coefficient (Wildman–Crippen LogP) is 20.5. The van der Waals surface area contributed by atoms with Crippen LogP contribution in [0.1, 0.15) is 284 Å². The van der Waals surface area contributed by atoms with Gasteiger partial charge >= 0.3 is 17.9 Å². The van der Waals surface area contributed by atoms with Crippen LogP contribution in [0.3, 0.4) is 0 Å². The number of carboxylic acids is 1. The Balaban J connectivity index is 3.95. The minimum atomic E-state index is -1.52. The van der Waals surface area contributed by atoms with E-state index < -0.39 is 24.3 Å². The zero-order chi connectivity index (χ0) is 59.1. The van der Waals surface area contributed by atoms with Crippen molar-refractivity contribution in [3.05, 3.63) is 97.2 Å². The number of nitrogens with zero attached hydrogens (tertiary/aromatic N) is 1. The van der Waals surface area contributed by atoms with Crippen molar-refractivity contribution in [3.8, 4) is 0 Å². The van der Waals surface area contributed by atoms with E-state index in [1.807, 2.05) is 21.1 Å². The number of carboxylic acid groups (broad SMARTS) is 1. The highest BCUT2D eigenvalue weighted by atomic mass is 16.7. The molecule has 0 aliphatic carbocycles. The van der Waals surface area contributed by atoms with Crippen molar-refractivity contribution < 1.29 is 42.9 Å². The molecule has 0 rings (SSSR count). The molecule has 0 aromatic rings. The second-order valence-electron chi connectivity index (χ2n) is 23.4. The molecule has 0 aliphatic rings. The van der Waals surface area contributed by atoms with Crippen molar-refractivity contribution in [3.63, 3.8) is 0 Å². The summed E-state index contributed by atoms with van der Waals surface area (Å²) in [5.74, 6) is -2.06. The lowest BCUT2D eigenvalue weighted by molar-refractivity contribution is -0.870. The molecule has 0 aromatic heterocycles. The average Bonchev–Trinajstić information content (AvgIpc) is 3.44. The highest BCUT2D eigenvalue weighted by Crippen LogP contribution is 2.18. The highest BCUT2D eigenvalue weighted by molar-refractivity contribution is 5.71. The summed E-state index contributed by atoms with van der Waals surface area (Å²) in [6.45, 7) is 4.61. The van der Waals surface area contributed by atoms with Crippen LogP contribution >= 0.6 is 0 Å². The topological polar surface area (TPSA) is 108 Å². The summed E-state index contributed by atoms with van der Waals surface area (Å²) >= 11 is 0. The normalized spacial score (nSPS) is 13.3. The van der Waals surface area contributed by atoms with Gasteiger partial charge in [-0.25, -0.2) is 4.79 Å². The Bertz CT molecular complexity index is 1650. The molecule has 466 valence electrons. The van der Waals surface area contributed by atoms with Crippen LogP contribution in [0.25, 0.3) is 0 Å². The zero-order valence-electron chi connectivity index (χ0n) is 53.2. The Morgan fingerprint density at radius 1 is 0.370 bits per heavy atom. The summed E-state index contributed by atoms with van der Waals surface area (Å²) in [4.78, 5) is 37.4. The first-order valence-corrected chi connectivity index (χ1v) is 33.4. The van der Waals surface area contributed by atoms with E-state index in [2.05, 4.69) is 111 Å². The lowest BCUT2D eigenvalue weighted by Crippen LogP contribution is -2.40. The van der Waals surface area contributed by atoms with Crippen molar-refractivity contribution >= 4 is 17.9 Å². The maximum Gasteiger partial charge on any atom is 0.361 e. The maximum atomic E-state index is 12.9. The van der Waals surface area contributed by atoms with Gasteiger partial charge < -0.3 is 28.5 Å². The number of carbonyl (C=O) groups is 3. The Kier molecular flexibility index (Phi) is 59.3. The van der Waals surface area contributed by atoms with Gasteiger partial charge in [0.2, 0.25) is 0 Å². The van der Waals surface area contributed by atoms with E-state index >= 15 is 0 Å². The number of esters is 2. The summed E-state index contributed by atoms with van der Waals surface area (Å²) in [6, 6.07) is 0. The van der Waals surface area contributed by atoms with Crippen molar-refractivity contribution in [1.82, 2.24) is 0 Å². The van der Waals surface area contributed by atoms with Gasteiger partial charge in [-0.1, -0.05) is 278 Å². The van der Waals surface area contributed by atoms with Gasteiger partial charge in [0.15, 0.2) is 6.10 Å². The molecule has 0 saturated heterocycles. The number of aliphatic carboxylic acids is 1. The third-order valence-corrected chi connectivity index (χ3v) is 14.3. The zero-order valence-corrected chi connectivity index (χ0v) is 53.2. The minimum absolute atomic E-state index is 0.179. The van der Waals surface area contributed by atoms with Gasteiger partial charge in [0.1, 0.15) is 13.2 Å². The van der Waals surface area contributed by atoms with E-state index in [4.69, 9.17) is 18.9 Å². The average molecular weight is 1130 g/mol. The standard InChI is InChI=1S/C72H125NO8/c1-6-8-10-12-14-16-18-20-22-23-24-25-26-27-28-29-30-31-32-33-34-35-36-37-38-39-40-41-42-43-44-45-46-47-49-51-53-55-57-59-61-63-70(75)81-68(67-80-72(71(76)77)78-65-64-73(3,4)5)66-79-69(74)62-60-58-56-54-52-50-48-21-19-17-15-13-11-9-7-2/h8-11,14-17,20-22,24-25,48,52,54,68,72H,6-7,12-13,18-19,23,26-47,49-51,53,55-67H2,1-5H3/p+1/b10-8-,11-9-,16-14-,17-15-,22-20-,25-24-,48-21-,54-52-. The Morgan fingerprint density at radius 3 is 1.01 bits per heavy atom. The van der Waals surface area contributed by atoms with E-state index in [9.17, 15) is 19.5 Å². The van der Waals surface area contributed by atoms with Crippen LogP contribution in [0.2, 0.25) is 0 Å². The first-order chi connectivity index (χ1) is 39.6. The lowest BCUT2D eigenvalue weighted by Gasteiger charge is -2.25. The largest absolute Gasteiger partial charge is 0.477 e. The summed E-state index contributed by atoms with van der Waals surface area (Å²) in [5.41, 5.74) is 0. The molecule has 0 aromatic carbocycles. The molecule has 1 N–H and O–H groups in total. The van der Waals surface area contributed by atoms with Crippen LogP contribution in [0.4, 0.5) is 0 Å². The van der Waals surface area contributed by atoms with Crippen LogP contribution in [-0.2, 0) is 33.3 Å². The van der Waals surface area contributed by atoms with Crippen LogP contribution in [0.15, 0.2) is 97.2 Å². The quantitative estimate of drug-likeness (QED) is 0.0211. The first-order valence-electron chi connectivity index (χ1n) is 33.4. The van der Waals surface area contributed by atoms with Crippen molar-refractivity contribution in [2.75, 3.05) is 47.5 Å². The molecule has 0 spiro atoms. The molecule has 9 nitrogen and oxygen atoms in total. The molecule has 2 atom stereocenters. The van der Waals surface area contributed by atoms with Crippen LogP contribution in [0.5, 0.6) is 0 Å². The molecule has 2 unspecified atom stereocenters. The molecular weight excluding hydrogens is 1010 g/mol. The number of ether oxygens (including phenoxy) is 4. The molecule has 81 heavy (non-hydrogen) atoms. The lowest BCUT2D eigenvalue weighted by atomic mass is 10.0. The van der Waals surface area contributed by atoms with E-state index in [1.54, 1.807) is 0 Å². The second kappa shape index (κ2) is 62.3. The first kappa shape index (κ1) is 77.2. The van der Waals surface area contributed by atoms with Gasteiger partial charge in [-0.05, 0) is 89.9 Å². The van der Waals surface area contributed by atoms with Gasteiger partial charge in [-0.3, -0.25) is 9.59 Å².